The van der Waals surface area contributed by atoms with E-state index in [0.29, 0.717) is 5.84 Å². The van der Waals surface area contributed by atoms with Gasteiger partial charge >= 0.3 is 0 Å². The summed E-state index contributed by atoms with van der Waals surface area (Å²) in [7, 11) is 0. The van der Waals surface area contributed by atoms with Crippen LogP contribution in [0.25, 0.3) is 0 Å². The topological polar surface area (TPSA) is 37.1 Å². The molecule has 2 heterocycles. The number of amidine groups is 1. The van der Waals surface area contributed by atoms with E-state index < -0.39 is 5.97 Å². The fourth-order valence-electron chi connectivity index (χ4n) is 0.855. The molecule has 2 rings (SSSR count). The van der Waals surface area contributed by atoms with E-state index in [1.807, 2.05) is 0 Å². The third-order valence-corrected chi connectivity index (χ3v) is 1.32. The van der Waals surface area contributed by atoms with E-state index in [1.165, 1.54) is 12.4 Å². The predicted octanol–water partition coefficient (Wildman–Crippen LogP) is 0.733. The molecule has 3 nitrogen and oxygen atoms in total. The molecule has 0 radical (unpaired) electrons. The van der Waals surface area contributed by atoms with Crippen molar-refractivity contribution in [2.24, 2.45) is 15.0 Å². The van der Waals surface area contributed by atoms with Crippen molar-refractivity contribution >= 4 is 18.1 Å². The molecule has 0 amide bonds. The molecule has 50 valence electrons. The second-order valence-corrected chi connectivity index (χ2v) is 1.99. The minimum atomic E-state index is -0.500. The molecule has 0 bridgehead atoms. The normalized spacial score (nSPS) is 27.9. The molecular formula is C6H4FN3. The standard InChI is InChI=1S/C6H4FN3/c7-5-2-1-4-6(10-5)9-3-8-4/h1-4H. The van der Waals surface area contributed by atoms with Crippen LogP contribution in [0.1, 0.15) is 0 Å². The second kappa shape index (κ2) is 1.83. The van der Waals surface area contributed by atoms with Gasteiger partial charge in [-0.2, -0.15) is 4.39 Å². The Morgan fingerprint density at radius 3 is 3.30 bits per heavy atom. The van der Waals surface area contributed by atoms with Crippen LogP contribution in [0.5, 0.6) is 0 Å². The lowest BCUT2D eigenvalue weighted by Gasteiger charge is -2.03. The molecule has 0 saturated heterocycles. The van der Waals surface area contributed by atoms with Crippen molar-refractivity contribution in [3.8, 4) is 0 Å². The van der Waals surface area contributed by atoms with Gasteiger partial charge in [-0.1, -0.05) is 0 Å². The number of halogens is 1. The van der Waals surface area contributed by atoms with Gasteiger partial charge in [0.25, 0.3) is 0 Å². The van der Waals surface area contributed by atoms with E-state index in [0.717, 1.165) is 0 Å². The minimum absolute atomic E-state index is 0.139. The highest BCUT2D eigenvalue weighted by atomic mass is 19.1. The molecule has 0 saturated carbocycles. The first kappa shape index (κ1) is 5.46. The molecule has 4 heteroatoms. The van der Waals surface area contributed by atoms with Crippen LogP contribution in [-0.2, 0) is 0 Å². The molecule has 2 aliphatic rings. The maximum atomic E-state index is 12.3. The first-order valence-electron chi connectivity index (χ1n) is 2.88. The Kier molecular flexibility index (Phi) is 1.00. The Hall–Kier alpha value is -1.32. The first-order chi connectivity index (χ1) is 4.86. The summed E-state index contributed by atoms with van der Waals surface area (Å²) in [6.07, 6.45) is 4.32. The van der Waals surface area contributed by atoms with Crippen LogP contribution in [-0.4, -0.2) is 24.2 Å². The molecular weight excluding hydrogens is 133 g/mol. The van der Waals surface area contributed by atoms with Crippen LogP contribution in [0.2, 0.25) is 0 Å². The lowest BCUT2D eigenvalue weighted by Crippen LogP contribution is -2.15. The third kappa shape index (κ3) is 0.689. The van der Waals surface area contributed by atoms with Crippen molar-refractivity contribution in [3.05, 3.63) is 12.2 Å². The molecule has 0 aromatic rings. The van der Waals surface area contributed by atoms with Gasteiger partial charge in [-0.05, 0) is 12.2 Å². The summed E-state index contributed by atoms with van der Waals surface area (Å²) < 4.78 is 12.3. The fraction of sp³-hybridized carbons (Fsp3) is 0.167. The Balaban J connectivity index is 2.39. The van der Waals surface area contributed by atoms with Crippen LogP contribution in [0, 0.1) is 0 Å². The molecule has 1 unspecified atom stereocenters. The average molecular weight is 137 g/mol. The highest BCUT2D eigenvalue weighted by Gasteiger charge is 2.18. The number of hydrogen-bond acceptors (Lipinski definition) is 3. The van der Waals surface area contributed by atoms with Gasteiger partial charge in [-0.3, -0.25) is 4.99 Å². The van der Waals surface area contributed by atoms with Gasteiger partial charge in [0, 0.05) is 0 Å². The van der Waals surface area contributed by atoms with Crippen molar-refractivity contribution in [1.29, 1.82) is 0 Å². The summed E-state index contributed by atoms with van der Waals surface area (Å²) in [4.78, 5) is 11.2. The summed E-state index contributed by atoms with van der Waals surface area (Å²) in [5.41, 5.74) is 0. The third-order valence-electron chi connectivity index (χ3n) is 1.32. The van der Waals surface area contributed by atoms with E-state index in [2.05, 4.69) is 15.0 Å². The minimum Gasteiger partial charge on any atom is -0.258 e. The molecule has 0 aromatic heterocycles. The number of aliphatic imine (C=N–C) groups is 3. The Labute approximate surface area is 56.7 Å². The average Bonchev–Trinajstić information content (AvgIpc) is 2.33. The van der Waals surface area contributed by atoms with Crippen LogP contribution in [0.15, 0.2) is 27.1 Å². The van der Waals surface area contributed by atoms with Gasteiger partial charge < -0.3 is 0 Å². The van der Waals surface area contributed by atoms with Gasteiger partial charge in [-0.25, -0.2) is 9.98 Å². The number of allylic oxidation sites excluding steroid dienone is 1. The van der Waals surface area contributed by atoms with E-state index in [1.54, 1.807) is 6.08 Å². The Bertz CT molecular complexity index is 275. The van der Waals surface area contributed by atoms with Crippen molar-refractivity contribution in [2.45, 2.75) is 6.04 Å². The van der Waals surface area contributed by atoms with Gasteiger partial charge in [-0.15, -0.1) is 0 Å². The Morgan fingerprint density at radius 2 is 2.40 bits per heavy atom. The van der Waals surface area contributed by atoms with Crippen LogP contribution in [0.3, 0.4) is 0 Å². The highest BCUT2D eigenvalue weighted by molar-refractivity contribution is 6.09. The molecule has 0 N–H and O–H groups in total. The number of rotatable bonds is 0. The van der Waals surface area contributed by atoms with Gasteiger partial charge in [0.15, 0.2) is 5.84 Å². The second-order valence-electron chi connectivity index (χ2n) is 1.99. The van der Waals surface area contributed by atoms with E-state index >= 15 is 0 Å². The molecule has 0 aliphatic carbocycles. The predicted molar refractivity (Wildman–Crippen MR) is 37.4 cm³/mol. The smallest absolute Gasteiger partial charge is 0.214 e. The van der Waals surface area contributed by atoms with Crippen molar-refractivity contribution in [1.82, 2.24) is 0 Å². The van der Waals surface area contributed by atoms with Gasteiger partial charge in [0.2, 0.25) is 5.97 Å². The summed E-state index contributed by atoms with van der Waals surface area (Å²) >= 11 is 0. The number of hydrogen-bond donors (Lipinski definition) is 0. The molecule has 10 heavy (non-hydrogen) atoms. The summed E-state index contributed by atoms with van der Waals surface area (Å²) in [6.45, 7) is 0. The fourth-order valence-corrected chi connectivity index (χ4v) is 0.855. The van der Waals surface area contributed by atoms with Crippen LogP contribution in [0.4, 0.5) is 4.39 Å². The summed E-state index contributed by atoms with van der Waals surface area (Å²) in [5, 5.41) is 0. The van der Waals surface area contributed by atoms with Crippen molar-refractivity contribution in [2.75, 3.05) is 0 Å². The van der Waals surface area contributed by atoms with Gasteiger partial charge in [0.05, 0.1) is 0 Å². The lowest BCUT2D eigenvalue weighted by atomic mass is 10.2. The van der Waals surface area contributed by atoms with Crippen LogP contribution >= 0.6 is 0 Å². The maximum Gasteiger partial charge on any atom is 0.214 e. The monoisotopic (exact) mass is 137 g/mol. The van der Waals surface area contributed by atoms with E-state index in [4.69, 9.17) is 0 Å². The largest absolute Gasteiger partial charge is 0.258 e. The number of fused-ring (bicyclic) bond motifs is 1. The molecule has 0 spiro atoms. The van der Waals surface area contributed by atoms with Crippen molar-refractivity contribution < 1.29 is 4.39 Å². The maximum absolute atomic E-state index is 12.3. The van der Waals surface area contributed by atoms with Crippen molar-refractivity contribution in [3.63, 3.8) is 0 Å². The van der Waals surface area contributed by atoms with Crippen LogP contribution < -0.4 is 0 Å². The summed E-state index contributed by atoms with van der Waals surface area (Å²) in [5.74, 6) is -0.0551. The summed E-state index contributed by atoms with van der Waals surface area (Å²) in [6, 6.07) is -0.139. The molecule has 0 fully saturated rings. The van der Waals surface area contributed by atoms with E-state index in [9.17, 15) is 4.39 Å². The lowest BCUT2D eigenvalue weighted by molar-refractivity contribution is 0.809. The van der Waals surface area contributed by atoms with Gasteiger partial charge in [0.1, 0.15) is 12.4 Å². The zero-order valence-corrected chi connectivity index (χ0v) is 5.03. The van der Waals surface area contributed by atoms with E-state index in [-0.39, 0.29) is 6.04 Å². The molecule has 2 aliphatic heterocycles. The number of dihydropyridines is 1. The zero-order chi connectivity index (χ0) is 6.97. The Morgan fingerprint density at radius 1 is 1.50 bits per heavy atom. The molecule has 0 aromatic carbocycles. The SMILES string of the molecule is FC1=NC2=NC=NC2C=C1. The first-order valence-corrected chi connectivity index (χ1v) is 2.88. The molecule has 1 atom stereocenters. The zero-order valence-electron chi connectivity index (χ0n) is 5.03. The number of nitrogens with zero attached hydrogens (tertiary/aromatic N) is 3. The highest BCUT2D eigenvalue weighted by Crippen LogP contribution is 2.09. The quantitative estimate of drug-likeness (QED) is 0.472.